The third-order valence-corrected chi connectivity index (χ3v) is 4.58. The van der Waals surface area contributed by atoms with Crippen molar-refractivity contribution in [2.75, 3.05) is 11.4 Å². The van der Waals surface area contributed by atoms with Crippen molar-refractivity contribution in [1.29, 1.82) is 0 Å². The van der Waals surface area contributed by atoms with Crippen molar-refractivity contribution in [3.05, 3.63) is 30.3 Å². The van der Waals surface area contributed by atoms with Crippen LogP contribution in [0.5, 0.6) is 0 Å². The zero-order chi connectivity index (χ0) is 11.8. The number of benzene rings is 1. The minimum atomic E-state index is 0. The molecule has 90 valence electrons. The van der Waals surface area contributed by atoms with E-state index in [9.17, 15) is 0 Å². The summed E-state index contributed by atoms with van der Waals surface area (Å²) in [6.07, 6.45) is 2.62. The summed E-state index contributed by atoms with van der Waals surface area (Å²) in [6, 6.07) is 10.8. The van der Waals surface area contributed by atoms with Gasteiger partial charge in [-0.2, -0.15) is 0 Å². The van der Waals surface area contributed by atoms with Gasteiger partial charge < -0.3 is 6.33 Å². The molecule has 1 saturated heterocycles. The van der Waals surface area contributed by atoms with E-state index in [1.165, 1.54) is 25.1 Å². The van der Waals surface area contributed by atoms with Gasteiger partial charge >= 0.3 is 18.9 Å². The van der Waals surface area contributed by atoms with Crippen molar-refractivity contribution >= 4 is 5.69 Å². The van der Waals surface area contributed by atoms with Gasteiger partial charge in [0, 0.05) is 17.8 Å². The van der Waals surface area contributed by atoms with E-state index in [4.69, 9.17) is 0 Å². The van der Waals surface area contributed by atoms with E-state index in [1.807, 2.05) is 0 Å². The first kappa shape index (κ1) is 14.7. The van der Waals surface area contributed by atoms with Gasteiger partial charge in [-0.05, 0) is 44.2 Å². The average Bonchev–Trinajstić information content (AvgIpc) is 2.23. The Kier molecular flexibility index (Phi) is 4.39. The van der Waals surface area contributed by atoms with E-state index in [0.717, 1.165) is 0 Å². The summed E-state index contributed by atoms with van der Waals surface area (Å²) in [4.78, 5) is 2.57. The van der Waals surface area contributed by atoms with Gasteiger partial charge in [-0.3, -0.25) is 0 Å². The van der Waals surface area contributed by atoms with Gasteiger partial charge in [0.2, 0.25) is 0 Å². The summed E-state index contributed by atoms with van der Waals surface area (Å²) in [5.74, 6) is 0. The molecule has 0 spiro atoms. The minimum Gasteiger partial charge on any atom is -1.00 e. The molecule has 2 rings (SSSR count). The summed E-state index contributed by atoms with van der Waals surface area (Å²) in [7, 11) is 0. The van der Waals surface area contributed by atoms with Crippen LogP contribution in [0, 0.1) is 5.41 Å². The van der Waals surface area contributed by atoms with E-state index in [0.29, 0.717) is 5.41 Å². The Labute approximate surface area is 119 Å². The van der Waals surface area contributed by atoms with Crippen molar-refractivity contribution in [2.24, 2.45) is 5.41 Å². The fourth-order valence-electron chi connectivity index (χ4n) is 2.69. The molecular formula is C15H24LiN. The van der Waals surface area contributed by atoms with Gasteiger partial charge in [0.05, 0.1) is 0 Å². The molecule has 0 bridgehead atoms. The molecule has 1 aliphatic rings. The zero-order valence-electron chi connectivity index (χ0n) is 13.0. The third-order valence-electron chi connectivity index (χ3n) is 4.58. The second kappa shape index (κ2) is 5.08. The molecule has 0 unspecified atom stereocenters. The smallest absolute Gasteiger partial charge is 1.00 e. The van der Waals surface area contributed by atoms with Gasteiger partial charge in [0.1, 0.15) is 0 Å². The number of hydrogen-bond donors (Lipinski definition) is 0. The quantitative estimate of drug-likeness (QED) is 0.649. The van der Waals surface area contributed by atoms with Crippen LogP contribution in [0.15, 0.2) is 30.3 Å². The van der Waals surface area contributed by atoms with Crippen molar-refractivity contribution in [3.8, 4) is 0 Å². The van der Waals surface area contributed by atoms with Crippen LogP contribution in [0.4, 0.5) is 5.69 Å². The summed E-state index contributed by atoms with van der Waals surface area (Å²) < 4.78 is 0. The fraction of sp³-hybridized carbons (Fsp3) is 0.600. The standard InChI is InChI=1S/C15H23N.Li.H/c1-14(2)11-8-12-16(15(14,3)4)13-9-6-5-7-10-13;;/h5-7,9-10H,8,11-12H2,1-4H3;;/q;+1;-1. The first-order valence-corrected chi connectivity index (χ1v) is 6.28. The average molecular weight is 225 g/mol. The van der Waals surface area contributed by atoms with Crippen molar-refractivity contribution in [3.63, 3.8) is 0 Å². The summed E-state index contributed by atoms with van der Waals surface area (Å²) >= 11 is 0. The predicted molar refractivity (Wildman–Crippen MR) is 72.0 cm³/mol. The molecule has 0 atom stereocenters. The summed E-state index contributed by atoms with van der Waals surface area (Å²) in [6.45, 7) is 10.7. The Balaban J connectivity index is 0.00000144. The maximum Gasteiger partial charge on any atom is 1.00 e. The van der Waals surface area contributed by atoms with Gasteiger partial charge in [0.15, 0.2) is 0 Å². The van der Waals surface area contributed by atoms with Crippen LogP contribution in [0.25, 0.3) is 0 Å². The van der Waals surface area contributed by atoms with E-state index in [-0.39, 0.29) is 25.8 Å². The molecule has 0 N–H and O–H groups in total. The molecule has 0 aromatic heterocycles. The number of rotatable bonds is 1. The molecule has 1 nitrogen and oxygen atoms in total. The zero-order valence-corrected chi connectivity index (χ0v) is 12.0. The van der Waals surface area contributed by atoms with E-state index < -0.39 is 0 Å². The topological polar surface area (TPSA) is 3.24 Å². The van der Waals surface area contributed by atoms with E-state index in [1.54, 1.807) is 0 Å². The van der Waals surface area contributed by atoms with Crippen LogP contribution >= 0.6 is 0 Å². The largest absolute Gasteiger partial charge is 1.00 e. The van der Waals surface area contributed by atoms with Crippen LogP contribution < -0.4 is 23.8 Å². The SMILES string of the molecule is CC1(C)CCCN(c2ccccc2)C1(C)C.[H-].[Li+]. The van der Waals surface area contributed by atoms with Crippen LogP contribution in [-0.2, 0) is 0 Å². The maximum atomic E-state index is 2.57. The first-order valence-electron chi connectivity index (χ1n) is 6.28. The molecule has 1 heterocycles. The maximum absolute atomic E-state index is 2.57. The Morgan fingerprint density at radius 3 is 2.24 bits per heavy atom. The van der Waals surface area contributed by atoms with Crippen LogP contribution in [0.3, 0.4) is 0 Å². The Hall–Kier alpha value is -0.383. The van der Waals surface area contributed by atoms with Crippen LogP contribution in [0.2, 0.25) is 0 Å². The summed E-state index contributed by atoms with van der Waals surface area (Å²) in [5, 5.41) is 0. The number of piperidine rings is 1. The number of para-hydroxylation sites is 1. The second-order valence-corrected chi connectivity index (χ2v) is 6.03. The monoisotopic (exact) mass is 225 g/mol. The molecule has 0 saturated carbocycles. The normalized spacial score (nSPS) is 21.8. The third kappa shape index (κ3) is 2.56. The molecule has 1 aromatic rings. The Morgan fingerprint density at radius 1 is 1.06 bits per heavy atom. The number of anilines is 1. The van der Waals surface area contributed by atoms with Gasteiger partial charge in [0.25, 0.3) is 0 Å². The van der Waals surface area contributed by atoms with E-state index >= 15 is 0 Å². The van der Waals surface area contributed by atoms with E-state index in [2.05, 4.69) is 62.9 Å². The predicted octanol–water partition coefficient (Wildman–Crippen LogP) is 1.21. The number of nitrogens with zero attached hydrogens (tertiary/aromatic N) is 1. The molecule has 0 aliphatic carbocycles. The Bertz CT molecular complexity index is 362. The second-order valence-electron chi connectivity index (χ2n) is 6.03. The molecule has 2 heteroatoms. The minimum absolute atomic E-state index is 0. The van der Waals surface area contributed by atoms with Crippen molar-refractivity contribution in [1.82, 2.24) is 0 Å². The molecule has 1 fully saturated rings. The Morgan fingerprint density at radius 2 is 1.65 bits per heavy atom. The van der Waals surface area contributed by atoms with Crippen molar-refractivity contribution in [2.45, 2.75) is 46.1 Å². The molecular weight excluding hydrogens is 201 g/mol. The van der Waals surface area contributed by atoms with Crippen molar-refractivity contribution < 1.29 is 20.3 Å². The van der Waals surface area contributed by atoms with Gasteiger partial charge in [-0.25, -0.2) is 0 Å². The molecule has 0 amide bonds. The molecule has 1 aromatic carbocycles. The number of hydrogen-bond acceptors (Lipinski definition) is 1. The van der Waals surface area contributed by atoms with Crippen LogP contribution in [0.1, 0.15) is 42.0 Å². The molecule has 0 radical (unpaired) electrons. The fourth-order valence-corrected chi connectivity index (χ4v) is 2.69. The molecule has 1 aliphatic heterocycles. The summed E-state index contributed by atoms with van der Waals surface area (Å²) in [5.41, 5.74) is 1.97. The van der Waals surface area contributed by atoms with Crippen LogP contribution in [-0.4, -0.2) is 12.1 Å². The first-order chi connectivity index (χ1) is 7.45. The van der Waals surface area contributed by atoms with Gasteiger partial charge in [-0.1, -0.05) is 32.0 Å². The van der Waals surface area contributed by atoms with Gasteiger partial charge in [-0.15, -0.1) is 0 Å². The molecule has 17 heavy (non-hydrogen) atoms.